The number of pyridine rings is 1. The van der Waals surface area contributed by atoms with Crippen LogP contribution in [0.15, 0.2) is 23.4 Å². The standard InChI is InChI=1S/C11H17ClN2O3S/c1-9(8-17-3)7-14(2)18(15,16)11-4-10(12)5-13-6-11/h4-6,9H,7-8H2,1-3H3/t9-/m0/s1. The zero-order valence-corrected chi connectivity index (χ0v) is 12.2. The second kappa shape index (κ2) is 6.47. The zero-order valence-electron chi connectivity index (χ0n) is 10.6. The van der Waals surface area contributed by atoms with E-state index < -0.39 is 10.0 Å². The van der Waals surface area contributed by atoms with E-state index >= 15 is 0 Å². The maximum absolute atomic E-state index is 12.2. The number of sulfonamides is 1. The molecule has 0 aliphatic rings. The second-order valence-corrected chi connectivity index (χ2v) is 6.67. The van der Waals surface area contributed by atoms with Gasteiger partial charge in [0.2, 0.25) is 10.0 Å². The van der Waals surface area contributed by atoms with Gasteiger partial charge in [-0.05, 0) is 12.0 Å². The minimum atomic E-state index is -3.54. The van der Waals surface area contributed by atoms with Gasteiger partial charge in [0.25, 0.3) is 0 Å². The van der Waals surface area contributed by atoms with Crippen molar-refractivity contribution in [1.29, 1.82) is 0 Å². The van der Waals surface area contributed by atoms with E-state index in [1.54, 1.807) is 7.11 Å². The normalized spacial score (nSPS) is 13.8. The molecule has 7 heteroatoms. The van der Waals surface area contributed by atoms with Crippen molar-refractivity contribution < 1.29 is 13.2 Å². The third-order valence-electron chi connectivity index (χ3n) is 2.41. The predicted molar refractivity (Wildman–Crippen MR) is 70.1 cm³/mol. The smallest absolute Gasteiger partial charge is 0.244 e. The third kappa shape index (κ3) is 3.91. The van der Waals surface area contributed by atoms with Gasteiger partial charge in [0.1, 0.15) is 4.90 Å². The zero-order chi connectivity index (χ0) is 13.8. The summed E-state index contributed by atoms with van der Waals surface area (Å²) < 4.78 is 30.7. The van der Waals surface area contributed by atoms with Crippen LogP contribution in [0.1, 0.15) is 6.92 Å². The summed E-state index contributed by atoms with van der Waals surface area (Å²) >= 11 is 5.75. The molecule has 1 atom stereocenters. The average Bonchev–Trinajstić information content (AvgIpc) is 2.29. The Bertz CT molecular complexity index is 493. The first-order valence-corrected chi connectivity index (χ1v) is 7.25. The van der Waals surface area contributed by atoms with Gasteiger partial charge in [0.15, 0.2) is 0 Å². The van der Waals surface area contributed by atoms with Gasteiger partial charge in [-0.25, -0.2) is 12.7 Å². The fraction of sp³-hybridized carbons (Fsp3) is 0.545. The summed E-state index contributed by atoms with van der Waals surface area (Å²) in [5.41, 5.74) is 0. The summed E-state index contributed by atoms with van der Waals surface area (Å²) in [4.78, 5) is 3.89. The molecule has 1 aromatic rings. The van der Waals surface area contributed by atoms with Crippen LogP contribution < -0.4 is 0 Å². The van der Waals surface area contributed by atoms with Gasteiger partial charge < -0.3 is 4.74 Å². The average molecular weight is 293 g/mol. The Morgan fingerprint density at radius 1 is 1.50 bits per heavy atom. The SMILES string of the molecule is COC[C@@H](C)CN(C)S(=O)(=O)c1cncc(Cl)c1. The van der Waals surface area contributed by atoms with Crippen molar-refractivity contribution in [2.45, 2.75) is 11.8 Å². The summed E-state index contributed by atoms with van der Waals surface area (Å²) in [7, 11) is -0.425. The Morgan fingerprint density at radius 2 is 2.17 bits per heavy atom. The first-order chi connectivity index (χ1) is 8.37. The molecule has 0 amide bonds. The van der Waals surface area contributed by atoms with Gasteiger partial charge in [-0.2, -0.15) is 0 Å². The van der Waals surface area contributed by atoms with Crippen LogP contribution in [0.2, 0.25) is 5.02 Å². The lowest BCUT2D eigenvalue weighted by Gasteiger charge is -2.20. The van der Waals surface area contributed by atoms with Crippen LogP contribution in [0.5, 0.6) is 0 Å². The lowest BCUT2D eigenvalue weighted by molar-refractivity contribution is 0.151. The molecule has 5 nitrogen and oxygen atoms in total. The minimum absolute atomic E-state index is 0.0992. The highest BCUT2D eigenvalue weighted by atomic mass is 35.5. The van der Waals surface area contributed by atoms with E-state index in [1.807, 2.05) is 6.92 Å². The fourth-order valence-electron chi connectivity index (χ4n) is 1.59. The lowest BCUT2D eigenvalue weighted by atomic mass is 10.2. The van der Waals surface area contributed by atoms with Crippen molar-refractivity contribution in [2.24, 2.45) is 5.92 Å². The molecule has 0 aliphatic carbocycles. The Balaban J connectivity index is 2.86. The van der Waals surface area contributed by atoms with Crippen LogP contribution in [0, 0.1) is 5.92 Å². The van der Waals surface area contributed by atoms with E-state index in [9.17, 15) is 8.42 Å². The van der Waals surface area contributed by atoms with Crippen molar-refractivity contribution >= 4 is 21.6 Å². The van der Waals surface area contributed by atoms with E-state index in [-0.39, 0.29) is 10.8 Å². The third-order valence-corrected chi connectivity index (χ3v) is 4.40. The molecule has 0 saturated carbocycles. The second-order valence-electron chi connectivity index (χ2n) is 4.18. The maximum atomic E-state index is 12.2. The molecular formula is C11H17ClN2O3S. The number of hydrogen-bond acceptors (Lipinski definition) is 4. The van der Waals surface area contributed by atoms with Crippen molar-refractivity contribution in [1.82, 2.24) is 9.29 Å². The van der Waals surface area contributed by atoms with Crippen molar-refractivity contribution in [3.05, 3.63) is 23.5 Å². The Kier molecular flexibility index (Phi) is 5.52. The van der Waals surface area contributed by atoms with Gasteiger partial charge in [-0.15, -0.1) is 0 Å². The summed E-state index contributed by atoms with van der Waals surface area (Å²) in [5.74, 6) is 0.113. The highest BCUT2D eigenvalue weighted by Gasteiger charge is 2.22. The first kappa shape index (κ1) is 15.4. The number of aromatic nitrogens is 1. The van der Waals surface area contributed by atoms with Crippen LogP contribution in [-0.4, -0.2) is 45.0 Å². The van der Waals surface area contributed by atoms with Crippen LogP contribution in [-0.2, 0) is 14.8 Å². The molecule has 1 aromatic heterocycles. The molecule has 0 aliphatic heterocycles. The maximum Gasteiger partial charge on any atom is 0.244 e. The molecular weight excluding hydrogens is 276 g/mol. The molecule has 0 aromatic carbocycles. The van der Waals surface area contributed by atoms with Crippen molar-refractivity contribution in [2.75, 3.05) is 27.3 Å². The van der Waals surface area contributed by atoms with Crippen LogP contribution >= 0.6 is 11.6 Å². The quantitative estimate of drug-likeness (QED) is 0.800. The Hall–Kier alpha value is -0.690. The molecule has 0 spiro atoms. The summed E-state index contributed by atoms with van der Waals surface area (Å²) in [5, 5.41) is 0.300. The number of rotatable bonds is 6. The van der Waals surface area contributed by atoms with E-state index in [1.165, 1.54) is 29.8 Å². The predicted octanol–water partition coefficient (Wildman–Crippen LogP) is 1.64. The van der Waals surface area contributed by atoms with E-state index in [2.05, 4.69) is 4.98 Å². The monoisotopic (exact) mass is 292 g/mol. The Morgan fingerprint density at radius 3 is 2.72 bits per heavy atom. The van der Waals surface area contributed by atoms with Gasteiger partial charge in [0.05, 0.1) is 5.02 Å². The number of halogens is 1. The van der Waals surface area contributed by atoms with Gasteiger partial charge in [-0.3, -0.25) is 4.98 Å². The summed E-state index contributed by atoms with van der Waals surface area (Å²) in [6.45, 7) is 2.81. The molecule has 0 bridgehead atoms. The van der Waals surface area contributed by atoms with E-state index in [0.29, 0.717) is 18.2 Å². The van der Waals surface area contributed by atoms with Crippen LogP contribution in [0.25, 0.3) is 0 Å². The number of ether oxygens (including phenoxy) is 1. The lowest BCUT2D eigenvalue weighted by Crippen LogP contribution is -2.32. The Labute approximate surface area is 113 Å². The van der Waals surface area contributed by atoms with Gasteiger partial charge in [-0.1, -0.05) is 18.5 Å². The molecule has 102 valence electrons. The van der Waals surface area contributed by atoms with Gasteiger partial charge >= 0.3 is 0 Å². The number of hydrogen-bond donors (Lipinski definition) is 0. The number of methoxy groups -OCH3 is 1. The minimum Gasteiger partial charge on any atom is -0.384 e. The molecule has 0 unspecified atom stereocenters. The van der Waals surface area contributed by atoms with Crippen LogP contribution in [0.4, 0.5) is 0 Å². The first-order valence-electron chi connectivity index (χ1n) is 5.43. The molecule has 0 radical (unpaired) electrons. The molecule has 0 N–H and O–H groups in total. The molecule has 0 fully saturated rings. The molecule has 18 heavy (non-hydrogen) atoms. The topological polar surface area (TPSA) is 59.5 Å². The molecule has 1 heterocycles. The summed E-state index contributed by atoms with van der Waals surface area (Å²) in [6, 6.07) is 1.39. The highest BCUT2D eigenvalue weighted by molar-refractivity contribution is 7.89. The number of nitrogens with zero attached hydrogens (tertiary/aromatic N) is 2. The molecule has 0 saturated heterocycles. The van der Waals surface area contributed by atoms with E-state index in [4.69, 9.17) is 16.3 Å². The highest BCUT2D eigenvalue weighted by Crippen LogP contribution is 2.18. The van der Waals surface area contributed by atoms with Crippen LogP contribution in [0.3, 0.4) is 0 Å². The van der Waals surface area contributed by atoms with E-state index in [0.717, 1.165) is 0 Å². The van der Waals surface area contributed by atoms with Gasteiger partial charge in [0, 0.05) is 39.7 Å². The van der Waals surface area contributed by atoms with Crippen molar-refractivity contribution in [3.8, 4) is 0 Å². The molecule has 1 rings (SSSR count). The summed E-state index contributed by atoms with van der Waals surface area (Å²) in [6.07, 6.45) is 2.69. The fourth-order valence-corrected chi connectivity index (χ4v) is 3.11. The van der Waals surface area contributed by atoms with Crippen molar-refractivity contribution in [3.63, 3.8) is 0 Å². The largest absolute Gasteiger partial charge is 0.384 e.